The van der Waals surface area contributed by atoms with Crippen LogP contribution in [0.15, 0.2) is 0 Å². The maximum Gasteiger partial charge on any atom is 0.186 e. The van der Waals surface area contributed by atoms with Crippen LogP contribution in [-0.2, 0) is 6.54 Å². The molecule has 2 fully saturated rings. The average Bonchev–Trinajstić information content (AvgIpc) is 2.93. The van der Waals surface area contributed by atoms with Gasteiger partial charge < -0.3 is 10.2 Å². The zero-order chi connectivity index (χ0) is 11.8. The van der Waals surface area contributed by atoms with Gasteiger partial charge in [-0.25, -0.2) is 4.98 Å². The highest BCUT2D eigenvalue weighted by Gasteiger charge is 2.25. The van der Waals surface area contributed by atoms with E-state index in [1.54, 1.807) is 0 Å². The van der Waals surface area contributed by atoms with Crippen molar-refractivity contribution in [1.82, 2.24) is 10.3 Å². The Balaban J connectivity index is 1.70. The van der Waals surface area contributed by atoms with Crippen LogP contribution in [0, 0.1) is 6.92 Å². The SMILES string of the molecule is Cc1nc(N2CCCC2C)sc1CNC1CC1. The molecule has 1 aromatic heterocycles. The van der Waals surface area contributed by atoms with E-state index in [1.165, 1.54) is 47.9 Å². The second kappa shape index (κ2) is 4.58. The molecule has 1 unspecified atom stereocenters. The number of hydrogen-bond donors (Lipinski definition) is 1. The van der Waals surface area contributed by atoms with Gasteiger partial charge >= 0.3 is 0 Å². The van der Waals surface area contributed by atoms with Gasteiger partial charge in [0.15, 0.2) is 5.13 Å². The molecular formula is C13H21N3S. The lowest BCUT2D eigenvalue weighted by Gasteiger charge is -2.19. The van der Waals surface area contributed by atoms with Crippen LogP contribution in [0.2, 0.25) is 0 Å². The second-order valence-electron chi connectivity index (χ2n) is 5.34. The summed E-state index contributed by atoms with van der Waals surface area (Å²) in [7, 11) is 0. The quantitative estimate of drug-likeness (QED) is 0.892. The zero-order valence-electron chi connectivity index (χ0n) is 10.7. The molecule has 1 aliphatic carbocycles. The lowest BCUT2D eigenvalue weighted by Crippen LogP contribution is -2.25. The first kappa shape index (κ1) is 11.5. The van der Waals surface area contributed by atoms with Gasteiger partial charge in [-0.05, 0) is 39.5 Å². The molecule has 3 nitrogen and oxygen atoms in total. The van der Waals surface area contributed by atoms with Crippen LogP contribution in [0.4, 0.5) is 5.13 Å². The molecule has 0 amide bonds. The Kier molecular flexibility index (Phi) is 3.09. The summed E-state index contributed by atoms with van der Waals surface area (Å²) in [5, 5.41) is 4.82. The maximum absolute atomic E-state index is 4.75. The van der Waals surface area contributed by atoms with Crippen LogP contribution >= 0.6 is 11.3 Å². The first-order chi connectivity index (χ1) is 8.24. The van der Waals surface area contributed by atoms with Crippen molar-refractivity contribution in [3.63, 3.8) is 0 Å². The van der Waals surface area contributed by atoms with Gasteiger partial charge in [-0.15, -0.1) is 11.3 Å². The predicted molar refractivity (Wildman–Crippen MR) is 72.8 cm³/mol. The third-order valence-corrected chi connectivity index (χ3v) is 5.00. The van der Waals surface area contributed by atoms with Gasteiger partial charge in [0.2, 0.25) is 0 Å². The smallest absolute Gasteiger partial charge is 0.186 e. The van der Waals surface area contributed by atoms with Gasteiger partial charge in [-0.1, -0.05) is 0 Å². The third kappa shape index (κ3) is 2.47. The molecule has 0 aromatic carbocycles. The number of thiazole rings is 1. The average molecular weight is 251 g/mol. The fourth-order valence-electron chi connectivity index (χ4n) is 2.44. The van der Waals surface area contributed by atoms with Crippen LogP contribution in [0.3, 0.4) is 0 Å². The summed E-state index contributed by atoms with van der Waals surface area (Å²) in [6.07, 6.45) is 5.34. The summed E-state index contributed by atoms with van der Waals surface area (Å²) in [6.45, 7) is 6.65. The van der Waals surface area contributed by atoms with Gasteiger partial charge in [0.1, 0.15) is 0 Å². The predicted octanol–water partition coefficient (Wildman–Crippen LogP) is 2.69. The maximum atomic E-state index is 4.75. The Morgan fingerprint density at radius 3 is 2.88 bits per heavy atom. The molecule has 3 rings (SSSR count). The monoisotopic (exact) mass is 251 g/mol. The van der Waals surface area contributed by atoms with E-state index in [0.717, 1.165) is 12.6 Å². The summed E-state index contributed by atoms with van der Waals surface area (Å²) in [5.41, 5.74) is 1.22. The number of anilines is 1. The molecule has 0 bridgehead atoms. The molecule has 1 saturated heterocycles. The van der Waals surface area contributed by atoms with E-state index in [2.05, 4.69) is 24.1 Å². The summed E-state index contributed by atoms with van der Waals surface area (Å²) < 4.78 is 0. The summed E-state index contributed by atoms with van der Waals surface area (Å²) in [4.78, 5) is 8.64. The lowest BCUT2D eigenvalue weighted by atomic mass is 10.2. The second-order valence-corrected chi connectivity index (χ2v) is 6.41. The standard InChI is InChI=1S/C13H21N3S/c1-9-4-3-7-16(9)13-15-10(2)12(17-13)8-14-11-5-6-11/h9,11,14H,3-8H2,1-2H3. The minimum Gasteiger partial charge on any atom is -0.345 e. The Bertz CT molecular complexity index is 397. The Labute approximate surface area is 107 Å². The normalized spacial score (nSPS) is 24.6. The lowest BCUT2D eigenvalue weighted by molar-refractivity contribution is 0.691. The molecular weight excluding hydrogens is 230 g/mol. The fraction of sp³-hybridized carbons (Fsp3) is 0.769. The first-order valence-corrected chi connectivity index (χ1v) is 7.52. The molecule has 2 heterocycles. The van der Waals surface area contributed by atoms with Crippen molar-refractivity contribution >= 4 is 16.5 Å². The molecule has 17 heavy (non-hydrogen) atoms. The van der Waals surface area contributed by atoms with Crippen molar-refractivity contribution in [1.29, 1.82) is 0 Å². The van der Waals surface area contributed by atoms with E-state index >= 15 is 0 Å². The highest BCUT2D eigenvalue weighted by molar-refractivity contribution is 7.15. The van der Waals surface area contributed by atoms with Gasteiger partial charge in [0.05, 0.1) is 5.69 Å². The van der Waals surface area contributed by atoms with E-state index in [0.29, 0.717) is 6.04 Å². The topological polar surface area (TPSA) is 28.2 Å². The Morgan fingerprint density at radius 1 is 1.41 bits per heavy atom. The fourth-order valence-corrected chi connectivity index (χ4v) is 3.58. The van der Waals surface area contributed by atoms with Crippen LogP contribution < -0.4 is 10.2 Å². The van der Waals surface area contributed by atoms with Crippen molar-refractivity contribution in [3.8, 4) is 0 Å². The number of aromatic nitrogens is 1. The number of nitrogens with one attached hydrogen (secondary N) is 1. The first-order valence-electron chi connectivity index (χ1n) is 6.70. The summed E-state index contributed by atoms with van der Waals surface area (Å²) in [5.74, 6) is 0. The van der Waals surface area contributed by atoms with Gasteiger partial charge in [-0.2, -0.15) is 0 Å². The van der Waals surface area contributed by atoms with Crippen LogP contribution in [0.25, 0.3) is 0 Å². The third-order valence-electron chi connectivity index (χ3n) is 3.81. The molecule has 4 heteroatoms. The number of rotatable bonds is 4. The van der Waals surface area contributed by atoms with E-state index in [9.17, 15) is 0 Å². The molecule has 1 aliphatic heterocycles. The van der Waals surface area contributed by atoms with Gasteiger partial charge in [-0.3, -0.25) is 0 Å². The molecule has 94 valence electrons. The molecule has 1 N–H and O–H groups in total. The van der Waals surface area contributed by atoms with Crippen molar-refractivity contribution in [2.45, 2.75) is 58.2 Å². The summed E-state index contributed by atoms with van der Waals surface area (Å²) >= 11 is 1.88. The largest absolute Gasteiger partial charge is 0.345 e. The molecule has 1 saturated carbocycles. The molecule has 2 aliphatic rings. The van der Waals surface area contributed by atoms with E-state index in [-0.39, 0.29) is 0 Å². The van der Waals surface area contributed by atoms with Crippen molar-refractivity contribution in [2.75, 3.05) is 11.4 Å². The Morgan fingerprint density at radius 2 is 2.24 bits per heavy atom. The van der Waals surface area contributed by atoms with Crippen LogP contribution in [0.5, 0.6) is 0 Å². The number of nitrogens with zero attached hydrogens (tertiary/aromatic N) is 2. The van der Waals surface area contributed by atoms with E-state index in [4.69, 9.17) is 4.98 Å². The molecule has 0 spiro atoms. The van der Waals surface area contributed by atoms with Crippen LogP contribution in [-0.4, -0.2) is 23.6 Å². The van der Waals surface area contributed by atoms with E-state index in [1.807, 2.05) is 11.3 Å². The Hall–Kier alpha value is -0.610. The van der Waals surface area contributed by atoms with Crippen LogP contribution in [0.1, 0.15) is 43.2 Å². The zero-order valence-corrected chi connectivity index (χ0v) is 11.5. The van der Waals surface area contributed by atoms with Crippen molar-refractivity contribution in [2.24, 2.45) is 0 Å². The minimum absolute atomic E-state index is 0.671. The molecule has 0 radical (unpaired) electrons. The van der Waals surface area contributed by atoms with Gasteiger partial charge in [0.25, 0.3) is 0 Å². The highest BCUT2D eigenvalue weighted by atomic mass is 32.1. The highest BCUT2D eigenvalue weighted by Crippen LogP contribution is 2.32. The summed E-state index contributed by atoms with van der Waals surface area (Å²) in [6, 6.07) is 1.45. The van der Waals surface area contributed by atoms with E-state index < -0.39 is 0 Å². The van der Waals surface area contributed by atoms with Crippen molar-refractivity contribution < 1.29 is 0 Å². The van der Waals surface area contributed by atoms with Crippen molar-refractivity contribution in [3.05, 3.63) is 10.6 Å². The molecule has 1 aromatic rings. The van der Waals surface area contributed by atoms with Gasteiger partial charge in [0, 0.05) is 30.1 Å². The minimum atomic E-state index is 0.671. The molecule has 1 atom stereocenters. The number of hydrogen-bond acceptors (Lipinski definition) is 4. The number of aryl methyl sites for hydroxylation is 1.